The minimum absolute atomic E-state index is 0.539. The first-order valence-corrected chi connectivity index (χ1v) is 7.72. The highest BCUT2D eigenvalue weighted by atomic mass is 79.9. The summed E-state index contributed by atoms with van der Waals surface area (Å²) < 4.78 is 6.51. The highest BCUT2D eigenvalue weighted by Gasteiger charge is 2.04. The Bertz CT molecular complexity index is 486. The monoisotopic (exact) mass is 395 g/mol. The molecule has 1 aromatic carbocycles. The van der Waals surface area contributed by atoms with Crippen LogP contribution < -0.4 is 10.1 Å². The van der Waals surface area contributed by atoms with E-state index >= 15 is 0 Å². The normalized spacial score (nSPS) is 11.1. The maximum atomic E-state index is 9.10. The van der Waals surface area contributed by atoms with E-state index in [1.165, 1.54) is 0 Å². The second kappa shape index (κ2) is 11.3. The van der Waals surface area contributed by atoms with Crippen LogP contribution in [0.1, 0.15) is 20.3 Å². The van der Waals surface area contributed by atoms with Gasteiger partial charge in [-0.05, 0) is 47.5 Å². The molecule has 0 radical (unpaired) electrons. The van der Waals surface area contributed by atoms with Crippen molar-refractivity contribution >= 4 is 39.5 Å². The third-order valence-electron chi connectivity index (χ3n) is 2.54. The van der Waals surface area contributed by atoms with Gasteiger partial charge in [0.25, 0.3) is 0 Å². The number of nitrogens with one attached hydrogen (secondary N) is 1. The molecule has 0 bridgehead atoms. The van der Waals surface area contributed by atoms with Gasteiger partial charge in [-0.25, -0.2) is 9.59 Å². The number of hydrogen-bond acceptors (Lipinski definition) is 4. The third kappa shape index (κ3) is 9.59. The lowest BCUT2D eigenvalue weighted by molar-refractivity contribution is -0.159. The van der Waals surface area contributed by atoms with Crippen molar-refractivity contribution in [1.29, 1.82) is 0 Å². The molecule has 0 aliphatic rings. The molecule has 8 heteroatoms. The van der Waals surface area contributed by atoms with Gasteiger partial charge in [0, 0.05) is 17.6 Å². The SMILES string of the molecule is CCC(C)NCCOc1ccc(Cl)cc1Br.O=C(O)C(=O)O. The number of carboxylic acids is 2. The van der Waals surface area contributed by atoms with Crippen molar-refractivity contribution in [1.82, 2.24) is 5.32 Å². The highest BCUT2D eigenvalue weighted by molar-refractivity contribution is 9.10. The summed E-state index contributed by atoms with van der Waals surface area (Å²) in [5, 5.41) is 18.9. The molecule has 3 N–H and O–H groups in total. The number of carbonyl (C=O) groups is 2. The van der Waals surface area contributed by atoms with E-state index in [1.54, 1.807) is 0 Å². The molecule has 0 aliphatic heterocycles. The van der Waals surface area contributed by atoms with Crippen LogP contribution in [0.25, 0.3) is 0 Å². The van der Waals surface area contributed by atoms with Crippen LogP contribution in [0.5, 0.6) is 5.75 Å². The predicted molar refractivity (Wildman–Crippen MR) is 87.7 cm³/mol. The molecule has 0 fully saturated rings. The lowest BCUT2D eigenvalue weighted by Gasteiger charge is -2.12. The average molecular weight is 397 g/mol. The minimum atomic E-state index is -1.82. The molecule has 0 saturated carbocycles. The predicted octanol–water partition coefficient (Wildman–Crippen LogP) is 3.03. The lowest BCUT2D eigenvalue weighted by atomic mass is 10.3. The maximum absolute atomic E-state index is 9.10. The van der Waals surface area contributed by atoms with Crippen LogP contribution in [-0.4, -0.2) is 41.3 Å². The number of rotatable bonds is 6. The number of hydrogen-bond donors (Lipinski definition) is 3. The molecule has 0 spiro atoms. The van der Waals surface area contributed by atoms with E-state index in [-0.39, 0.29) is 0 Å². The van der Waals surface area contributed by atoms with E-state index in [9.17, 15) is 0 Å². The quantitative estimate of drug-likeness (QED) is 0.505. The van der Waals surface area contributed by atoms with Crippen molar-refractivity contribution in [3.63, 3.8) is 0 Å². The molecule has 6 nitrogen and oxygen atoms in total. The second-order valence-corrected chi connectivity index (χ2v) is 5.59. The number of halogens is 2. The molecule has 124 valence electrons. The average Bonchev–Trinajstić information content (AvgIpc) is 2.45. The summed E-state index contributed by atoms with van der Waals surface area (Å²) >= 11 is 9.25. The zero-order chi connectivity index (χ0) is 17.1. The van der Waals surface area contributed by atoms with Crippen LogP contribution in [0, 0.1) is 0 Å². The summed E-state index contributed by atoms with van der Waals surface area (Å²) in [4.78, 5) is 18.2. The first kappa shape index (κ1) is 20.7. The first-order valence-electron chi connectivity index (χ1n) is 6.55. The second-order valence-electron chi connectivity index (χ2n) is 4.30. The van der Waals surface area contributed by atoms with E-state index in [0.29, 0.717) is 17.7 Å². The van der Waals surface area contributed by atoms with E-state index < -0.39 is 11.9 Å². The van der Waals surface area contributed by atoms with Crippen LogP contribution in [0.2, 0.25) is 5.02 Å². The van der Waals surface area contributed by atoms with Gasteiger partial charge in [0.1, 0.15) is 12.4 Å². The third-order valence-corrected chi connectivity index (χ3v) is 3.40. The summed E-state index contributed by atoms with van der Waals surface area (Å²) in [5.41, 5.74) is 0. The van der Waals surface area contributed by atoms with Crippen LogP contribution in [0.4, 0.5) is 0 Å². The van der Waals surface area contributed by atoms with Crippen molar-refractivity contribution in [2.24, 2.45) is 0 Å². The van der Waals surface area contributed by atoms with Crippen molar-refractivity contribution in [2.45, 2.75) is 26.3 Å². The van der Waals surface area contributed by atoms with E-state index in [1.807, 2.05) is 18.2 Å². The summed E-state index contributed by atoms with van der Waals surface area (Å²) in [7, 11) is 0. The van der Waals surface area contributed by atoms with E-state index in [0.717, 1.165) is 23.2 Å². The Hall–Kier alpha value is -1.31. The fourth-order valence-corrected chi connectivity index (χ4v) is 2.00. The van der Waals surface area contributed by atoms with Gasteiger partial charge in [0.2, 0.25) is 0 Å². The number of ether oxygens (including phenoxy) is 1. The Morgan fingerprint density at radius 3 is 2.41 bits per heavy atom. The van der Waals surface area contributed by atoms with E-state index in [2.05, 4.69) is 35.1 Å². The van der Waals surface area contributed by atoms with Gasteiger partial charge in [-0.15, -0.1) is 0 Å². The van der Waals surface area contributed by atoms with Crippen molar-refractivity contribution in [3.8, 4) is 5.75 Å². The van der Waals surface area contributed by atoms with Gasteiger partial charge in [-0.3, -0.25) is 0 Å². The zero-order valence-electron chi connectivity index (χ0n) is 12.3. The van der Waals surface area contributed by atoms with Gasteiger partial charge in [-0.2, -0.15) is 0 Å². The Balaban J connectivity index is 0.000000626. The van der Waals surface area contributed by atoms with Crippen molar-refractivity contribution in [2.75, 3.05) is 13.2 Å². The zero-order valence-corrected chi connectivity index (χ0v) is 14.6. The summed E-state index contributed by atoms with van der Waals surface area (Å²) in [5.74, 6) is -2.82. The largest absolute Gasteiger partial charge is 0.491 e. The minimum Gasteiger partial charge on any atom is -0.491 e. The number of aliphatic carboxylic acids is 2. The Labute approximate surface area is 142 Å². The Kier molecular flexibility index (Phi) is 10.6. The van der Waals surface area contributed by atoms with Crippen LogP contribution >= 0.6 is 27.5 Å². The van der Waals surface area contributed by atoms with Crippen molar-refractivity contribution in [3.05, 3.63) is 27.7 Å². The molecule has 1 rings (SSSR count). The molecule has 0 aromatic heterocycles. The summed E-state index contributed by atoms with van der Waals surface area (Å²) in [6.45, 7) is 5.83. The molecule has 0 heterocycles. The molecule has 0 saturated heterocycles. The number of carboxylic acid groups (broad SMARTS) is 2. The summed E-state index contributed by atoms with van der Waals surface area (Å²) in [6, 6.07) is 6.07. The molecular weight excluding hydrogens is 378 g/mol. The molecule has 1 atom stereocenters. The van der Waals surface area contributed by atoms with Gasteiger partial charge >= 0.3 is 11.9 Å². The highest BCUT2D eigenvalue weighted by Crippen LogP contribution is 2.27. The first-order chi connectivity index (χ1) is 10.3. The smallest absolute Gasteiger partial charge is 0.414 e. The maximum Gasteiger partial charge on any atom is 0.414 e. The Morgan fingerprint density at radius 2 is 1.95 bits per heavy atom. The van der Waals surface area contributed by atoms with Crippen LogP contribution in [0.3, 0.4) is 0 Å². The standard InChI is InChI=1S/C12H17BrClNO.C2H2O4/c1-3-9(2)15-6-7-16-12-5-4-10(14)8-11(12)13;3-1(4)2(5)6/h4-5,8-9,15H,3,6-7H2,1-2H3;(H,3,4)(H,5,6). The Morgan fingerprint density at radius 1 is 1.36 bits per heavy atom. The molecule has 0 amide bonds. The van der Waals surface area contributed by atoms with Crippen LogP contribution in [-0.2, 0) is 9.59 Å². The molecule has 0 aliphatic carbocycles. The lowest BCUT2D eigenvalue weighted by Crippen LogP contribution is -2.29. The van der Waals surface area contributed by atoms with E-state index in [4.69, 9.17) is 36.1 Å². The molecule has 22 heavy (non-hydrogen) atoms. The topological polar surface area (TPSA) is 95.9 Å². The van der Waals surface area contributed by atoms with Crippen molar-refractivity contribution < 1.29 is 24.5 Å². The van der Waals surface area contributed by atoms with Gasteiger partial charge in [0.15, 0.2) is 0 Å². The number of benzene rings is 1. The summed E-state index contributed by atoms with van der Waals surface area (Å²) in [6.07, 6.45) is 1.13. The van der Waals surface area contributed by atoms with Gasteiger partial charge in [0.05, 0.1) is 4.47 Å². The van der Waals surface area contributed by atoms with Gasteiger partial charge < -0.3 is 20.3 Å². The fraction of sp³-hybridized carbons (Fsp3) is 0.429. The molecule has 1 aromatic rings. The molecular formula is C14H19BrClNO5. The van der Waals surface area contributed by atoms with Gasteiger partial charge in [-0.1, -0.05) is 18.5 Å². The molecule has 1 unspecified atom stereocenters. The van der Waals surface area contributed by atoms with Crippen LogP contribution in [0.15, 0.2) is 22.7 Å². The fourth-order valence-electron chi connectivity index (χ4n) is 1.20.